The standard InChI is InChI=1S/C24H22IN3O6/c1-2-33-21-13-17(14-26-27-24(30)22(29)18-6-4-3-5-7-18)12-20(25)23(21)34-15-16-8-10-19(11-9-16)28(31)32/h3-14,22,29H,2,15H2,1H3,(H,27,30)/b26-14-/t22-/m0/s1. The number of nitrogens with one attached hydrogen (secondary N) is 1. The Kier molecular flexibility index (Phi) is 8.93. The van der Waals surface area contributed by atoms with Crippen LogP contribution in [-0.4, -0.2) is 28.8 Å². The molecule has 0 spiro atoms. The molecule has 0 radical (unpaired) electrons. The number of nitro groups is 1. The molecule has 10 heteroatoms. The smallest absolute Gasteiger partial charge is 0.273 e. The van der Waals surface area contributed by atoms with E-state index in [0.29, 0.717) is 29.2 Å². The molecule has 0 aromatic heterocycles. The van der Waals surface area contributed by atoms with E-state index in [9.17, 15) is 20.0 Å². The van der Waals surface area contributed by atoms with E-state index in [1.807, 2.05) is 6.92 Å². The van der Waals surface area contributed by atoms with Gasteiger partial charge in [-0.3, -0.25) is 14.9 Å². The molecule has 0 fully saturated rings. The number of ether oxygens (including phenoxy) is 2. The second-order valence-corrected chi connectivity index (χ2v) is 8.18. The molecule has 2 N–H and O–H groups in total. The van der Waals surface area contributed by atoms with Crippen molar-refractivity contribution in [3.05, 3.63) is 97.1 Å². The average Bonchev–Trinajstić information content (AvgIpc) is 2.84. The van der Waals surface area contributed by atoms with Crippen molar-refractivity contribution < 1.29 is 24.3 Å². The molecule has 176 valence electrons. The number of aliphatic hydroxyl groups excluding tert-OH is 1. The van der Waals surface area contributed by atoms with Crippen LogP contribution in [0.15, 0.2) is 71.8 Å². The van der Waals surface area contributed by atoms with Crippen LogP contribution in [0.5, 0.6) is 11.5 Å². The summed E-state index contributed by atoms with van der Waals surface area (Å²) < 4.78 is 12.4. The number of hydrogen-bond acceptors (Lipinski definition) is 7. The molecule has 0 unspecified atom stereocenters. The van der Waals surface area contributed by atoms with Gasteiger partial charge in [-0.25, -0.2) is 5.43 Å². The van der Waals surface area contributed by atoms with Crippen LogP contribution in [0.3, 0.4) is 0 Å². The lowest BCUT2D eigenvalue weighted by molar-refractivity contribution is -0.384. The van der Waals surface area contributed by atoms with Crippen molar-refractivity contribution in [3.8, 4) is 11.5 Å². The highest BCUT2D eigenvalue weighted by Crippen LogP contribution is 2.34. The summed E-state index contributed by atoms with van der Waals surface area (Å²) in [6.45, 7) is 2.46. The molecule has 0 aliphatic rings. The molecule has 0 aliphatic heterocycles. The molecule has 0 heterocycles. The molecular formula is C24H22IN3O6. The van der Waals surface area contributed by atoms with E-state index in [0.717, 1.165) is 9.13 Å². The highest BCUT2D eigenvalue weighted by Gasteiger charge is 2.16. The monoisotopic (exact) mass is 575 g/mol. The Morgan fingerprint density at radius 3 is 2.53 bits per heavy atom. The van der Waals surface area contributed by atoms with E-state index in [4.69, 9.17) is 9.47 Å². The SMILES string of the molecule is CCOc1cc(/C=N\NC(=O)[C@@H](O)c2ccccc2)cc(I)c1OCc1ccc([N+](=O)[O-])cc1. The number of benzene rings is 3. The van der Waals surface area contributed by atoms with E-state index in [-0.39, 0.29) is 12.3 Å². The number of hydrazone groups is 1. The largest absolute Gasteiger partial charge is 0.490 e. The van der Waals surface area contributed by atoms with Gasteiger partial charge < -0.3 is 14.6 Å². The number of non-ortho nitro benzene ring substituents is 1. The lowest BCUT2D eigenvalue weighted by Crippen LogP contribution is -2.25. The highest BCUT2D eigenvalue weighted by atomic mass is 127. The number of nitrogens with zero attached hydrogens (tertiary/aromatic N) is 2. The summed E-state index contributed by atoms with van der Waals surface area (Å²) in [6.07, 6.45) is 0.119. The van der Waals surface area contributed by atoms with Crippen molar-refractivity contribution in [1.29, 1.82) is 0 Å². The lowest BCUT2D eigenvalue weighted by Gasteiger charge is -2.15. The zero-order valence-electron chi connectivity index (χ0n) is 18.2. The molecule has 0 saturated carbocycles. The summed E-state index contributed by atoms with van der Waals surface area (Å²) in [5.74, 6) is 0.375. The van der Waals surface area contributed by atoms with Crippen LogP contribution in [0.25, 0.3) is 0 Å². The number of aliphatic hydroxyl groups is 1. The first-order valence-electron chi connectivity index (χ1n) is 10.3. The predicted octanol–water partition coefficient (Wildman–Crippen LogP) is 4.36. The molecule has 3 aromatic carbocycles. The van der Waals surface area contributed by atoms with Gasteiger partial charge in [0.1, 0.15) is 6.61 Å². The summed E-state index contributed by atoms with van der Waals surface area (Å²) in [6, 6.07) is 18.2. The lowest BCUT2D eigenvalue weighted by atomic mass is 10.1. The van der Waals surface area contributed by atoms with Gasteiger partial charge in [0.15, 0.2) is 17.6 Å². The number of halogens is 1. The van der Waals surface area contributed by atoms with Crippen molar-refractivity contribution in [2.24, 2.45) is 5.10 Å². The molecule has 1 amide bonds. The number of carbonyl (C=O) groups excluding carboxylic acids is 1. The Labute approximate surface area is 209 Å². The van der Waals surface area contributed by atoms with Gasteiger partial charge >= 0.3 is 0 Å². The van der Waals surface area contributed by atoms with Gasteiger partial charge in [-0.05, 0) is 70.5 Å². The Bertz CT molecular complexity index is 1170. The van der Waals surface area contributed by atoms with Crippen LogP contribution in [-0.2, 0) is 11.4 Å². The Hall–Kier alpha value is -3.51. The van der Waals surface area contributed by atoms with Gasteiger partial charge in [0, 0.05) is 12.1 Å². The zero-order chi connectivity index (χ0) is 24.5. The minimum Gasteiger partial charge on any atom is -0.490 e. The van der Waals surface area contributed by atoms with Gasteiger partial charge in [0.2, 0.25) is 0 Å². The summed E-state index contributed by atoms with van der Waals surface area (Å²) in [7, 11) is 0. The minimum atomic E-state index is -1.33. The predicted molar refractivity (Wildman–Crippen MR) is 135 cm³/mol. The van der Waals surface area contributed by atoms with Gasteiger partial charge in [-0.15, -0.1) is 0 Å². The van der Waals surface area contributed by atoms with Crippen LogP contribution in [0, 0.1) is 13.7 Å². The Morgan fingerprint density at radius 1 is 1.18 bits per heavy atom. The maximum atomic E-state index is 12.1. The average molecular weight is 575 g/mol. The third kappa shape index (κ3) is 6.75. The summed E-state index contributed by atoms with van der Waals surface area (Å²) in [5.41, 5.74) is 4.25. The molecule has 0 bridgehead atoms. The van der Waals surface area contributed by atoms with E-state index in [1.54, 1.807) is 54.6 Å². The first-order chi connectivity index (χ1) is 16.4. The van der Waals surface area contributed by atoms with E-state index < -0.39 is 16.9 Å². The third-order valence-corrected chi connectivity index (χ3v) is 5.42. The summed E-state index contributed by atoms with van der Waals surface area (Å²) in [5, 5.41) is 24.9. The Balaban J connectivity index is 1.68. The summed E-state index contributed by atoms with van der Waals surface area (Å²) in [4.78, 5) is 22.5. The highest BCUT2D eigenvalue weighted by molar-refractivity contribution is 14.1. The molecule has 3 aromatic rings. The van der Waals surface area contributed by atoms with Gasteiger partial charge in [0.25, 0.3) is 11.6 Å². The van der Waals surface area contributed by atoms with Crippen LogP contribution < -0.4 is 14.9 Å². The van der Waals surface area contributed by atoms with Crippen LogP contribution >= 0.6 is 22.6 Å². The molecular weight excluding hydrogens is 553 g/mol. The normalized spacial score (nSPS) is 11.7. The molecule has 0 saturated heterocycles. The van der Waals surface area contributed by atoms with Crippen molar-refractivity contribution in [3.63, 3.8) is 0 Å². The van der Waals surface area contributed by atoms with E-state index >= 15 is 0 Å². The van der Waals surface area contributed by atoms with Crippen molar-refractivity contribution in [2.45, 2.75) is 19.6 Å². The van der Waals surface area contributed by atoms with Crippen LogP contribution in [0.4, 0.5) is 5.69 Å². The van der Waals surface area contributed by atoms with E-state index in [1.165, 1.54) is 18.3 Å². The maximum absolute atomic E-state index is 12.1. The van der Waals surface area contributed by atoms with Crippen LogP contribution in [0.2, 0.25) is 0 Å². The Morgan fingerprint density at radius 2 is 1.88 bits per heavy atom. The van der Waals surface area contributed by atoms with Crippen molar-refractivity contribution in [2.75, 3.05) is 6.61 Å². The number of nitro benzene ring substituents is 1. The fraction of sp³-hybridized carbons (Fsp3) is 0.167. The number of amides is 1. The molecule has 3 rings (SSSR count). The zero-order valence-corrected chi connectivity index (χ0v) is 20.3. The first-order valence-corrected chi connectivity index (χ1v) is 11.3. The summed E-state index contributed by atoms with van der Waals surface area (Å²) >= 11 is 2.11. The van der Waals surface area contributed by atoms with Gasteiger partial charge in [0.05, 0.1) is 21.3 Å². The molecule has 34 heavy (non-hydrogen) atoms. The van der Waals surface area contributed by atoms with E-state index in [2.05, 4.69) is 33.1 Å². The van der Waals surface area contributed by atoms with Crippen LogP contribution in [0.1, 0.15) is 29.7 Å². The quantitative estimate of drug-likeness (QED) is 0.160. The topological polar surface area (TPSA) is 123 Å². The fourth-order valence-corrected chi connectivity index (χ4v) is 3.73. The fourth-order valence-electron chi connectivity index (χ4n) is 2.95. The maximum Gasteiger partial charge on any atom is 0.273 e. The second-order valence-electron chi connectivity index (χ2n) is 7.02. The minimum absolute atomic E-state index is 0.0142. The van der Waals surface area contributed by atoms with Crippen molar-refractivity contribution >= 4 is 40.4 Å². The number of rotatable bonds is 10. The molecule has 9 nitrogen and oxygen atoms in total. The number of hydrogen-bond donors (Lipinski definition) is 2. The van der Waals surface area contributed by atoms with Gasteiger partial charge in [-0.2, -0.15) is 5.10 Å². The number of carbonyl (C=O) groups is 1. The van der Waals surface area contributed by atoms with Crippen molar-refractivity contribution in [1.82, 2.24) is 5.43 Å². The second kappa shape index (κ2) is 12.1. The molecule has 0 aliphatic carbocycles. The molecule has 1 atom stereocenters. The van der Waals surface area contributed by atoms with Gasteiger partial charge in [-0.1, -0.05) is 30.3 Å². The third-order valence-electron chi connectivity index (χ3n) is 4.61. The first kappa shape index (κ1) is 25.1.